The van der Waals surface area contributed by atoms with E-state index in [1.165, 1.54) is 19.2 Å². The molecule has 1 aliphatic rings. The van der Waals surface area contributed by atoms with Crippen LogP contribution in [0.25, 0.3) is 0 Å². The van der Waals surface area contributed by atoms with Crippen LogP contribution in [0.15, 0.2) is 6.33 Å². The Balaban J connectivity index is 2.08. The first-order valence-corrected chi connectivity index (χ1v) is 5.51. The van der Waals surface area contributed by atoms with Crippen molar-refractivity contribution in [2.24, 2.45) is 5.41 Å². The molecule has 4 heteroatoms. The Kier molecular flexibility index (Phi) is 2.59. The maximum absolute atomic E-state index is 5.56. The van der Waals surface area contributed by atoms with E-state index in [2.05, 4.69) is 28.8 Å². The summed E-state index contributed by atoms with van der Waals surface area (Å²) in [7, 11) is 0. The highest BCUT2D eigenvalue weighted by molar-refractivity contribution is 5.14. The van der Waals surface area contributed by atoms with Gasteiger partial charge in [0.25, 0.3) is 0 Å². The van der Waals surface area contributed by atoms with Gasteiger partial charge >= 0.3 is 0 Å². The van der Waals surface area contributed by atoms with Crippen LogP contribution in [-0.2, 0) is 0 Å². The molecule has 0 radical (unpaired) electrons. The minimum Gasteiger partial charge on any atom is -0.368 e. The monoisotopic (exact) mass is 206 g/mol. The van der Waals surface area contributed by atoms with Gasteiger partial charge in [-0.25, -0.2) is 9.97 Å². The maximum Gasteiger partial charge on any atom is 0.223 e. The van der Waals surface area contributed by atoms with Crippen molar-refractivity contribution in [3.63, 3.8) is 0 Å². The number of nitrogens with two attached hydrogens (primary N) is 1. The predicted octanol–water partition coefficient (Wildman–Crippen LogP) is 2.14. The first kappa shape index (κ1) is 10.3. The minimum absolute atomic E-state index is 0.338. The maximum atomic E-state index is 5.56. The standard InChI is InChI=1S/C11H18N4/c1-11(2)5-3-8(4-6-11)9-13-7-14-10(12)15-9/h7-8H,3-6H2,1-2H3,(H2,12,13,14,15). The molecule has 0 saturated heterocycles. The van der Waals surface area contributed by atoms with Gasteiger partial charge in [-0.2, -0.15) is 4.98 Å². The molecule has 1 aliphatic carbocycles. The van der Waals surface area contributed by atoms with E-state index in [-0.39, 0.29) is 0 Å². The molecule has 0 amide bonds. The second-order valence-corrected chi connectivity index (χ2v) is 5.14. The molecule has 1 aromatic heterocycles. The van der Waals surface area contributed by atoms with Crippen LogP contribution >= 0.6 is 0 Å². The second kappa shape index (κ2) is 3.76. The summed E-state index contributed by atoms with van der Waals surface area (Å²) in [4.78, 5) is 12.2. The molecule has 15 heavy (non-hydrogen) atoms. The molecule has 1 fully saturated rings. The first-order chi connectivity index (χ1) is 7.07. The van der Waals surface area contributed by atoms with Crippen LogP contribution in [0.5, 0.6) is 0 Å². The average molecular weight is 206 g/mol. The van der Waals surface area contributed by atoms with Crippen LogP contribution in [0, 0.1) is 5.41 Å². The zero-order valence-corrected chi connectivity index (χ0v) is 9.40. The van der Waals surface area contributed by atoms with Crippen LogP contribution < -0.4 is 5.73 Å². The number of hydrogen-bond acceptors (Lipinski definition) is 4. The van der Waals surface area contributed by atoms with Gasteiger partial charge < -0.3 is 5.73 Å². The summed E-state index contributed by atoms with van der Waals surface area (Å²) < 4.78 is 0. The molecule has 0 spiro atoms. The molecule has 1 saturated carbocycles. The van der Waals surface area contributed by atoms with Crippen LogP contribution in [0.4, 0.5) is 5.95 Å². The van der Waals surface area contributed by atoms with Crippen molar-refractivity contribution in [1.29, 1.82) is 0 Å². The lowest BCUT2D eigenvalue weighted by atomic mass is 9.73. The van der Waals surface area contributed by atoms with Gasteiger partial charge in [-0.1, -0.05) is 13.8 Å². The molecular weight excluding hydrogens is 188 g/mol. The summed E-state index contributed by atoms with van der Waals surface area (Å²) in [6.45, 7) is 4.65. The lowest BCUT2D eigenvalue weighted by Gasteiger charge is -2.33. The molecule has 1 heterocycles. The van der Waals surface area contributed by atoms with Gasteiger partial charge in [-0.05, 0) is 31.1 Å². The first-order valence-electron chi connectivity index (χ1n) is 5.51. The lowest BCUT2D eigenvalue weighted by Crippen LogP contribution is -2.21. The third-order valence-corrected chi connectivity index (χ3v) is 3.31. The summed E-state index contributed by atoms with van der Waals surface area (Å²) in [5.74, 6) is 1.69. The summed E-state index contributed by atoms with van der Waals surface area (Å²) in [5.41, 5.74) is 6.04. The number of nitrogens with zero attached hydrogens (tertiary/aromatic N) is 3. The van der Waals surface area contributed by atoms with Gasteiger partial charge in [0.15, 0.2) is 0 Å². The van der Waals surface area contributed by atoms with Crippen molar-refractivity contribution in [1.82, 2.24) is 15.0 Å². The van der Waals surface area contributed by atoms with Crippen molar-refractivity contribution < 1.29 is 0 Å². The zero-order valence-electron chi connectivity index (χ0n) is 9.40. The van der Waals surface area contributed by atoms with Crippen molar-refractivity contribution in [3.8, 4) is 0 Å². The van der Waals surface area contributed by atoms with Crippen molar-refractivity contribution in [2.75, 3.05) is 5.73 Å². The van der Waals surface area contributed by atoms with Gasteiger partial charge in [0.2, 0.25) is 5.95 Å². The lowest BCUT2D eigenvalue weighted by molar-refractivity contribution is 0.220. The Morgan fingerprint density at radius 3 is 2.53 bits per heavy atom. The zero-order chi connectivity index (χ0) is 10.9. The van der Waals surface area contributed by atoms with Crippen molar-refractivity contribution in [2.45, 2.75) is 45.4 Å². The SMILES string of the molecule is CC1(C)CCC(c2ncnc(N)n2)CC1. The van der Waals surface area contributed by atoms with E-state index in [9.17, 15) is 0 Å². The van der Waals surface area contributed by atoms with Crippen molar-refractivity contribution >= 4 is 5.95 Å². The van der Waals surface area contributed by atoms with E-state index in [1.807, 2.05) is 0 Å². The van der Waals surface area contributed by atoms with Crippen molar-refractivity contribution in [3.05, 3.63) is 12.2 Å². The fraction of sp³-hybridized carbons (Fsp3) is 0.727. The van der Waals surface area contributed by atoms with Gasteiger partial charge in [0, 0.05) is 5.92 Å². The third-order valence-electron chi connectivity index (χ3n) is 3.31. The third kappa shape index (κ3) is 2.43. The smallest absolute Gasteiger partial charge is 0.223 e. The summed E-state index contributed by atoms with van der Waals surface area (Å²) >= 11 is 0. The number of rotatable bonds is 1. The fourth-order valence-corrected chi connectivity index (χ4v) is 2.18. The van der Waals surface area contributed by atoms with Gasteiger partial charge in [-0.3, -0.25) is 0 Å². The van der Waals surface area contributed by atoms with E-state index in [4.69, 9.17) is 5.73 Å². The predicted molar refractivity (Wildman–Crippen MR) is 59.2 cm³/mol. The molecule has 0 aliphatic heterocycles. The second-order valence-electron chi connectivity index (χ2n) is 5.14. The van der Waals surface area contributed by atoms with Gasteiger partial charge in [-0.15, -0.1) is 0 Å². The molecule has 82 valence electrons. The molecule has 4 nitrogen and oxygen atoms in total. The highest BCUT2D eigenvalue weighted by atomic mass is 15.1. The average Bonchev–Trinajstić information content (AvgIpc) is 2.17. The highest BCUT2D eigenvalue weighted by Gasteiger charge is 2.28. The molecule has 0 bridgehead atoms. The van der Waals surface area contributed by atoms with E-state index in [1.54, 1.807) is 0 Å². The van der Waals surface area contributed by atoms with E-state index < -0.39 is 0 Å². The largest absolute Gasteiger partial charge is 0.368 e. The van der Waals surface area contributed by atoms with E-state index in [0.717, 1.165) is 18.7 Å². The van der Waals surface area contributed by atoms with E-state index >= 15 is 0 Å². The van der Waals surface area contributed by atoms with Gasteiger partial charge in [0.1, 0.15) is 12.2 Å². The van der Waals surface area contributed by atoms with Crippen LogP contribution in [0.3, 0.4) is 0 Å². The molecule has 1 aromatic rings. The summed E-state index contributed by atoms with van der Waals surface area (Å²) in [6.07, 6.45) is 6.32. The molecule has 2 rings (SSSR count). The Morgan fingerprint density at radius 2 is 1.93 bits per heavy atom. The summed E-state index contributed by atoms with van der Waals surface area (Å²) in [6, 6.07) is 0. The minimum atomic E-state index is 0.338. The molecule has 2 N–H and O–H groups in total. The van der Waals surface area contributed by atoms with E-state index in [0.29, 0.717) is 17.3 Å². The Morgan fingerprint density at radius 1 is 1.27 bits per heavy atom. The Hall–Kier alpha value is -1.19. The normalized spacial score (nSPS) is 21.5. The Labute approximate surface area is 90.3 Å². The molecule has 0 atom stereocenters. The quantitative estimate of drug-likeness (QED) is 0.764. The number of aromatic nitrogens is 3. The van der Waals surface area contributed by atoms with Gasteiger partial charge in [0.05, 0.1) is 0 Å². The molecule has 0 aromatic carbocycles. The van der Waals surface area contributed by atoms with Crippen LogP contribution in [0.2, 0.25) is 0 Å². The fourth-order valence-electron chi connectivity index (χ4n) is 2.18. The van der Waals surface area contributed by atoms with Crippen LogP contribution in [0.1, 0.15) is 51.3 Å². The van der Waals surface area contributed by atoms with Crippen LogP contribution in [-0.4, -0.2) is 15.0 Å². The molecular formula is C11H18N4. The summed E-state index contributed by atoms with van der Waals surface area (Å²) in [5, 5.41) is 0. The highest BCUT2D eigenvalue weighted by Crippen LogP contribution is 2.41. The topological polar surface area (TPSA) is 64.7 Å². The molecule has 0 unspecified atom stereocenters. The number of nitrogen functional groups attached to an aromatic ring is 1. The number of hydrogen-bond donors (Lipinski definition) is 1. The number of anilines is 1. The Bertz CT molecular complexity index is 338.